The van der Waals surface area contributed by atoms with Crippen molar-refractivity contribution >= 4 is 12.1 Å². The Hall–Kier alpha value is -1.96. The molecule has 0 fully saturated rings. The van der Waals surface area contributed by atoms with Gasteiger partial charge < -0.3 is 14.8 Å². The van der Waals surface area contributed by atoms with Gasteiger partial charge in [-0.15, -0.1) is 12.5 Å². The summed E-state index contributed by atoms with van der Waals surface area (Å²) in [4.78, 5) is 23.5. The predicted molar refractivity (Wildman–Crippen MR) is 90.9 cm³/mol. The summed E-state index contributed by atoms with van der Waals surface area (Å²) in [5.41, 5.74) is 0. The van der Waals surface area contributed by atoms with Crippen LogP contribution < -0.4 is 5.32 Å². The summed E-state index contributed by atoms with van der Waals surface area (Å²) in [5.74, 6) is 4.76. The Labute approximate surface area is 139 Å². The van der Waals surface area contributed by atoms with Gasteiger partial charge in [0.15, 0.2) is 6.61 Å². The summed E-state index contributed by atoms with van der Waals surface area (Å²) in [7, 11) is 0. The number of alkyl carbamates (subject to hydrolysis) is 1. The van der Waals surface area contributed by atoms with Crippen LogP contribution in [0.2, 0.25) is 0 Å². The van der Waals surface area contributed by atoms with Gasteiger partial charge in [0.2, 0.25) is 0 Å². The van der Waals surface area contributed by atoms with Gasteiger partial charge in [0.05, 0.1) is 6.61 Å². The Balaban J connectivity index is 4.01. The smallest absolute Gasteiger partial charge is 0.408 e. The molecule has 5 nitrogen and oxygen atoms in total. The van der Waals surface area contributed by atoms with Crippen LogP contribution in [0.25, 0.3) is 0 Å². The fourth-order valence-corrected chi connectivity index (χ4v) is 1.89. The van der Waals surface area contributed by atoms with E-state index >= 15 is 0 Å². The number of esters is 1. The number of rotatable bonds is 12. The number of nitrogens with one attached hydrogen (secondary N) is 1. The second-order valence-corrected chi connectivity index (χ2v) is 5.16. The van der Waals surface area contributed by atoms with E-state index in [1.807, 2.05) is 0 Å². The molecule has 0 aromatic carbocycles. The minimum Gasteiger partial charge on any atom is -0.464 e. The third kappa shape index (κ3) is 12.3. The molecule has 0 heterocycles. The average Bonchev–Trinajstić information content (AvgIpc) is 2.53. The molecule has 0 saturated carbocycles. The number of hydrogen-bond donors (Lipinski definition) is 1. The summed E-state index contributed by atoms with van der Waals surface area (Å²) in [6.07, 6.45) is 7.89. The molecule has 1 N–H and O–H groups in total. The SMILES string of the molecule is C=CCC(NC(=O)OCC#CC)C(=O)OCCCCCCCC. The van der Waals surface area contributed by atoms with Crippen LogP contribution in [0.4, 0.5) is 4.79 Å². The molecular weight excluding hydrogens is 294 g/mol. The van der Waals surface area contributed by atoms with E-state index in [1.54, 1.807) is 13.0 Å². The van der Waals surface area contributed by atoms with Crippen molar-refractivity contribution in [1.29, 1.82) is 0 Å². The molecule has 0 aromatic heterocycles. The number of unbranched alkanes of at least 4 members (excludes halogenated alkanes) is 5. The van der Waals surface area contributed by atoms with E-state index in [1.165, 1.54) is 19.3 Å². The molecule has 0 aliphatic heterocycles. The van der Waals surface area contributed by atoms with Crippen molar-refractivity contribution in [2.24, 2.45) is 0 Å². The zero-order chi connectivity index (χ0) is 17.3. The van der Waals surface area contributed by atoms with E-state index in [9.17, 15) is 9.59 Å². The van der Waals surface area contributed by atoms with E-state index in [0.29, 0.717) is 13.0 Å². The monoisotopic (exact) mass is 323 g/mol. The Morgan fingerprint density at radius 2 is 1.87 bits per heavy atom. The topological polar surface area (TPSA) is 64.6 Å². The first kappa shape index (κ1) is 21.0. The third-order valence-corrected chi connectivity index (χ3v) is 3.17. The molecule has 0 aromatic rings. The highest BCUT2D eigenvalue weighted by atomic mass is 16.6. The summed E-state index contributed by atoms with van der Waals surface area (Å²) in [5, 5.41) is 2.47. The van der Waals surface area contributed by atoms with Gasteiger partial charge in [-0.25, -0.2) is 9.59 Å². The van der Waals surface area contributed by atoms with Gasteiger partial charge in [-0.05, 0) is 19.8 Å². The van der Waals surface area contributed by atoms with Crippen molar-refractivity contribution in [2.75, 3.05) is 13.2 Å². The van der Waals surface area contributed by atoms with Gasteiger partial charge >= 0.3 is 12.1 Å². The number of hydrogen-bond acceptors (Lipinski definition) is 4. The van der Waals surface area contributed by atoms with Crippen LogP contribution in [0.15, 0.2) is 12.7 Å². The quantitative estimate of drug-likeness (QED) is 0.258. The fourth-order valence-electron chi connectivity index (χ4n) is 1.89. The predicted octanol–water partition coefficient (Wildman–Crippen LogP) is 3.58. The molecule has 23 heavy (non-hydrogen) atoms. The first-order chi connectivity index (χ1) is 11.2. The van der Waals surface area contributed by atoms with E-state index in [2.05, 4.69) is 30.7 Å². The lowest BCUT2D eigenvalue weighted by molar-refractivity contribution is -0.146. The lowest BCUT2D eigenvalue weighted by Crippen LogP contribution is -2.42. The number of ether oxygens (including phenoxy) is 2. The van der Waals surface area contributed by atoms with E-state index in [-0.39, 0.29) is 6.61 Å². The molecule has 0 radical (unpaired) electrons. The van der Waals surface area contributed by atoms with Crippen molar-refractivity contribution in [1.82, 2.24) is 5.32 Å². The van der Waals surface area contributed by atoms with Gasteiger partial charge in [0.1, 0.15) is 6.04 Å². The molecular formula is C18H29NO4. The van der Waals surface area contributed by atoms with Crippen molar-refractivity contribution in [3.8, 4) is 11.8 Å². The highest BCUT2D eigenvalue weighted by molar-refractivity contribution is 5.81. The second kappa shape index (κ2) is 15.0. The highest BCUT2D eigenvalue weighted by Crippen LogP contribution is 2.06. The number of carbonyl (C=O) groups is 2. The van der Waals surface area contributed by atoms with E-state index in [4.69, 9.17) is 9.47 Å². The maximum atomic E-state index is 12.0. The minimum absolute atomic E-state index is 0.00402. The third-order valence-electron chi connectivity index (χ3n) is 3.17. The van der Waals surface area contributed by atoms with Gasteiger partial charge in [-0.3, -0.25) is 0 Å². The number of carbonyl (C=O) groups excluding carboxylic acids is 2. The van der Waals surface area contributed by atoms with Crippen LogP contribution in [0.3, 0.4) is 0 Å². The molecule has 0 rings (SSSR count). The van der Waals surface area contributed by atoms with Crippen molar-refractivity contribution < 1.29 is 19.1 Å². The second-order valence-electron chi connectivity index (χ2n) is 5.16. The van der Waals surface area contributed by atoms with Crippen molar-refractivity contribution in [3.63, 3.8) is 0 Å². The Morgan fingerprint density at radius 3 is 2.52 bits per heavy atom. The summed E-state index contributed by atoms with van der Waals surface area (Å²) in [6, 6.07) is -0.769. The molecule has 1 atom stereocenters. The Bertz CT molecular complexity index is 409. The fraction of sp³-hybridized carbons (Fsp3) is 0.667. The average molecular weight is 323 g/mol. The zero-order valence-electron chi connectivity index (χ0n) is 14.4. The van der Waals surface area contributed by atoms with Crippen molar-refractivity contribution in [2.45, 2.75) is 64.8 Å². The highest BCUT2D eigenvalue weighted by Gasteiger charge is 2.21. The lowest BCUT2D eigenvalue weighted by Gasteiger charge is -2.15. The van der Waals surface area contributed by atoms with E-state index in [0.717, 1.165) is 19.3 Å². The van der Waals surface area contributed by atoms with Crippen LogP contribution in [0.5, 0.6) is 0 Å². The normalized spacial score (nSPS) is 10.9. The van der Waals surface area contributed by atoms with Crippen molar-refractivity contribution in [3.05, 3.63) is 12.7 Å². The largest absolute Gasteiger partial charge is 0.464 e. The zero-order valence-corrected chi connectivity index (χ0v) is 14.4. The summed E-state index contributed by atoms with van der Waals surface area (Å²) >= 11 is 0. The van der Waals surface area contributed by atoms with Gasteiger partial charge in [-0.1, -0.05) is 51.0 Å². The molecule has 130 valence electrons. The Morgan fingerprint density at radius 1 is 1.17 bits per heavy atom. The van der Waals surface area contributed by atoms with E-state index < -0.39 is 18.1 Å². The van der Waals surface area contributed by atoms with Crippen LogP contribution in [-0.4, -0.2) is 31.3 Å². The van der Waals surface area contributed by atoms with Gasteiger partial charge in [0, 0.05) is 0 Å². The molecule has 1 amide bonds. The molecule has 0 saturated heterocycles. The lowest BCUT2D eigenvalue weighted by atomic mass is 10.1. The molecule has 0 bridgehead atoms. The first-order valence-electron chi connectivity index (χ1n) is 8.26. The minimum atomic E-state index is -0.769. The van der Waals surface area contributed by atoms with Gasteiger partial charge in [-0.2, -0.15) is 0 Å². The van der Waals surface area contributed by atoms with Crippen LogP contribution >= 0.6 is 0 Å². The summed E-state index contributed by atoms with van der Waals surface area (Å²) in [6.45, 7) is 7.78. The molecule has 0 spiro atoms. The van der Waals surface area contributed by atoms with Crippen LogP contribution in [0, 0.1) is 11.8 Å². The first-order valence-corrected chi connectivity index (χ1v) is 8.26. The summed E-state index contributed by atoms with van der Waals surface area (Å²) < 4.78 is 10.0. The van der Waals surface area contributed by atoms with Gasteiger partial charge in [0.25, 0.3) is 0 Å². The molecule has 1 unspecified atom stereocenters. The van der Waals surface area contributed by atoms with Crippen LogP contribution in [0.1, 0.15) is 58.8 Å². The van der Waals surface area contributed by atoms with Crippen LogP contribution in [-0.2, 0) is 14.3 Å². The molecule has 5 heteroatoms. The maximum absolute atomic E-state index is 12.0. The molecule has 0 aliphatic rings. The maximum Gasteiger partial charge on any atom is 0.408 e. The number of amides is 1. The Kier molecular flexibility index (Phi) is 13.7. The molecule has 0 aliphatic carbocycles. The standard InChI is InChI=1S/C18H29NO4/c1-4-7-9-10-11-12-15-22-17(20)16(13-6-3)19-18(21)23-14-8-5-2/h6,16H,3-4,7,9-15H2,1-2H3,(H,19,21).